The number of benzene rings is 1. The van der Waals surface area contributed by atoms with Crippen molar-refractivity contribution in [3.05, 3.63) is 40.9 Å². The summed E-state index contributed by atoms with van der Waals surface area (Å²) in [5.41, 5.74) is 2.64. The Morgan fingerprint density at radius 1 is 1.31 bits per heavy atom. The van der Waals surface area contributed by atoms with Crippen LogP contribution in [0.1, 0.15) is 17.4 Å². The second kappa shape index (κ2) is 5.23. The fourth-order valence-corrected chi connectivity index (χ4v) is 2.71. The summed E-state index contributed by atoms with van der Waals surface area (Å²) in [6.07, 6.45) is 3.01. The largest absolute Gasteiger partial charge is 0.315 e. The van der Waals surface area contributed by atoms with E-state index in [-0.39, 0.29) is 0 Å². The predicted molar refractivity (Wildman–Crippen MR) is 69.7 cm³/mol. The minimum Gasteiger partial charge on any atom is -0.315 e. The van der Waals surface area contributed by atoms with Crippen LogP contribution in [0.4, 0.5) is 0 Å². The van der Waals surface area contributed by atoms with Crippen molar-refractivity contribution in [3.63, 3.8) is 0 Å². The van der Waals surface area contributed by atoms with E-state index in [0.717, 1.165) is 18.0 Å². The average Bonchev–Trinajstić information content (AvgIpc) is 2.78. The first-order valence-electron chi connectivity index (χ1n) is 5.52. The third-order valence-corrected chi connectivity index (χ3v) is 3.56. The van der Waals surface area contributed by atoms with E-state index in [2.05, 4.69) is 41.5 Å². The van der Waals surface area contributed by atoms with Gasteiger partial charge in [-0.1, -0.05) is 31.2 Å². The smallest absolute Gasteiger partial charge is 0.123 e. The van der Waals surface area contributed by atoms with E-state index in [1.807, 2.05) is 13.2 Å². The molecule has 0 aliphatic carbocycles. The molecule has 16 heavy (non-hydrogen) atoms. The highest BCUT2D eigenvalue weighted by molar-refractivity contribution is 7.15. The third-order valence-electron chi connectivity index (χ3n) is 2.53. The molecule has 1 aromatic carbocycles. The van der Waals surface area contributed by atoms with E-state index < -0.39 is 0 Å². The van der Waals surface area contributed by atoms with Gasteiger partial charge in [-0.05, 0) is 19.0 Å². The molecule has 1 aromatic heterocycles. The van der Waals surface area contributed by atoms with Gasteiger partial charge in [0.05, 0.1) is 0 Å². The summed E-state index contributed by atoms with van der Waals surface area (Å²) in [6.45, 7) is 3.08. The standard InChI is InChI=1S/C13H16N2S/c1-3-10-6-4-5-7-12(10)13-15-9-11(16-13)8-14-2/h4-7,9,14H,3,8H2,1-2H3. The van der Waals surface area contributed by atoms with Crippen LogP contribution in [0, 0.1) is 0 Å². The third kappa shape index (κ3) is 2.31. The number of hydrogen-bond donors (Lipinski definition) is 1. The highest BCUT2D eigenvalue weighted by atomic mass is 32.1. The summed E-state index contributed by atoms with van der Waals surface area (Å²) < 4.78 is 0. The first kappa shape index (κ1) is 11.3. The molecule has 84 valence electrons. The Hall–Kier alpha value is -1.19. The monoisotopic (exact) mass is 232 g/mol. The van der Waals surface area contributed by atoms with Crippen molar-refractivity contribution in [1.82, 2.24) is 10.3 Å². The molecule has 0 aliphatic rings. The van der Waals surface area contributed by atoms with Crippen molar-refractivity contribution in [2.45, 2.75) is 19.9 Å². The highest BCUT2D eigenvalue weighted by Crippen LogP contribution is 2.28. The molecule has 0 unspecified atom stereocenters. The molecule has 0 fully saturated rings. The molecule has 2 rings (SSSR count). The van der Waals surface area contributed by atoms with Crippen molar-refractivity contribution in [3.8, 4) is 10.6 Å². The van der Waals surface area contributed by atoms with Crippen LogP contribution < -0.4 is 5.32 Å². The Bertz CT molecular complexity index is 462. The Kier molecular flexibility index (Phi) is 3.70. The van der Waals surface area contributed by atoms with Gasteiger partial charge >= 0.3 is 0 Å². The molecule has 1 heterocycles. The van der Waals surface area contributed by atoms with Gasteiger partial charge in [0.1, 0.15) is 5.01 Å². The van der Waals surface area contributed by atoms with E-state index in [0.29, 0.717) is 0 Å². The van der Waals surface area contributed by atoms with Gasteiger partial charge in [0.2, 0.25) is 0 Å². The lowest BCUT2D eigenvalue weighted by molar-refractivity contribution is 0.829. The van der Waals surface area contributed by atoms with Crippen molar-refractivity contribution in [1.29, 1.82) is 0 Å². The Balaban J connectivity index is 2.34. The van der Waals surface area contributed by atoms with Gasteiger partial charge in [-0.25, -0.2) is 4.98 Å². The number of nitrogens with one attached hydrogen (secondary N) is 1. The summed E-state index contributed by atoms with van der Waals surface area (Å²) in [4.78, 5) is 5.77. The second-order valence-corrected chi connectivity index (χ2v) is 4.79. The Morgan fingerprint density at radius 3 is 2.88 bits per heavy atom. The number of hydrogen-bond acceptors (Lipinski definition) is 3. The van der Waals surface area contributed by atoms with Gasteiger partial charge in [-0.15, -0.1) is 11.3 Å². The van der Waals surface area contributed by atoms with Crippen LogP contribution in [0.5, 0.6) is 0 Å². The number of aryl methyl sites for hydroxylation is 1. The molecule has 0 aliphatic heterocycles. The van der Waals surface area contributed by atoms with E-state index in [1.165, 1.54) is 16.0 Å². The molecule has 2 aromatic rings. The van der Waals surface area contributed by atoms with Crippen molar-refractivity contribution in [2.24, 2.45) is 0 Å². The summed E-state index contributed by atoms with van der Waals surface area (Å²) in [7, 11) is 1.96. The van der Waals surface area contributed by atoms with Gasteiger partial charge in [0.25, 0.3) is 0 Å². The lowest BCUT2D eigenvalue weighted by Crippen LogP contribution is -2.02. The molecule has 0 radical (unpaired) electrons. The van der Waals surface area contributed by atoms with Gasteiger partial charge < -0.3 is 5.32 Å². The van der Waals surface area contributed by atoms with Gasteiger partial charge in [0.15, 0.2) is 0 Å². The number of aromatic nitrogens is 1. The molecule has 0 bridgehead atoms. The first-order chi connectivity index (χ1) is 7.85. The lowest BCUT2D eigenvalue weighted by atomic mass is 10.1. The van der Waals surface area contributed by atoms with Crippen molar-refractivity contribution >= 4 is 11.3 Å². The average molecular weight is 232 g/mol. The van der Waals surface area contributed by atoms with Crippen LogP contribution in [0.3, 0.4) is 0 Å². The zero-order valence-corrected chi connectivity index (χ0v) is 10.5. The zero-order chi connectivity index (χ0) is 11.4. The maximum Gasteiger partial charge on any atom is 0.123 e. The maximum absolute atomic E-state index is 4.49. The van der Waals surface area contributed by atoms with Crippen molar-refractivity contribution in [2.75, 3.05) is 7.05 Å². The van der Waals surface area contributed by atoms with Crippen LogP contribution in [0.25, 0.3) is 10.6 Å². The topological polar surface area (TPSA) is 24.9 Å². The van der Waals surface area contributed by atoms with E-state index >= 15 is 0 Å². The highest BCUT2D eigenvalue weighted by Gasteiger charge is 2.07. The maximum atomic E-state index is 4.49. The summed E-state index contributed by atoms with van der Waals surface area (Å²) in [5.74, 6) is 0. The SMILES string of the molecule is CCc1ccccc1-c1ncc(CNC)s1. The van der Waals surface area contributed by atoms with E-state index in [9.17, 15) is 0 Å². The molecule has 1 N–H and O–H groups in total. The second-order valence-electron chi connectivity index (χ2n) is 3.67. The zero-order valence-electron chi connectivity index (χ0n) is 9.66. The summed E-state index contributed by atoms with van der Waals surface area (Å²) in [5, 5.41) is 4.28. The molecule has 0 saturated carbocycles. The van der Waals surface area contributed by atoms with Crippen LogP contribution >= 0.6 is 11.3 Å². The Labute approximate surface area is 100 Å². The van der Waals surface area contributed by atoms with Crippen molar-refractivity contribution < 1.29 is 0 Å². The minimum atomic E-state index is 0.895. The lowest BCUT2D eigenvalue weighted by Gasteiger charge is -2.03. The van der Waals surface area contributed by atoms with E-state index in [4.69, 9.17) is 0 Å². The molecule has 0 amide bonds. The molecule has 0 spiro atoms. The molecule has 3 heteroatoms. The fraction of sp³-hybridized carbons (Fsp3) is 0.308. The summed E-state index contributed by atoms with van der Waals surface area (Å²) >= 11 is 1.77. The quantitative estimate of drug-likeness (QED) is 0.876. The molecule has 0 atom stereocenters. The first-order valence-corrected chi connectivity index (χ1v) is 6.34. The van der Waals surface area contributed by atoms with Gasteiger partial charge in [-0.3, -0.25) is 0 Å². The number of rotatable bonds is 4. The van der Waals surface area contributed by atoms with Crippen LogP contribution in [-0.2, 0) is 13.0 Å². The number of thiazole rings is 1. The number of nitrogens with zero attached hydrogens (tertiary/aromatic N) is 1. The van der Waals surface area contributed by atoms with Gasteiger partial charge in [-0.2, -0.15) is 0 Å². The predicted octanol–water partition coefficient (Wildman–Crippen LogP) is 3.09. The normalized spacial score (nSPS) is 10.6. The molecular weight excluding hydrogens is 216 g/mol. The molecule has 2 nitrogen and oxygen atoms in total. The van der Waals surface area contributed by atoms with Crippen LogP contribution in [-0.4, -0.2) is 12.0 Å². The summed E-state index contributed by atoms with van der Waals surface area (Å²) in [6, 6.07) is 8.49. The van der Waals surface area contributed by atoms with Crippen LogP contribution in [0.2, 0.25) is 0 Å². The van der Waals surface area contributed by atoms with Gasteiger partial charge in [0, 0.05) is 23.2 Å². The fourth-order valence-electron chi connectivity index (χ4n) is 1.73. The van der Waals surface area contributed by atoms with E-state index in [1.54, 1.807) is 11.3 Å². The Morgan fingerprint density at radius 2 is 2.12 bits per heavy atom. The molecule has 0 saturated heterocycles. The molecular formula is C13H16N2S. The minimum absolute atomic E-state index is 0.895. The van der Waals surface area contributed by atoms with Crippen LogP contribution in [0.15, 0.2) is 30.5 Å².